The predicted molar refractivity (Wildman–Crippen MR) is 119 cm³/mol. The largest absolute Gasteiger partial charge is 0.444 e. The van der Waals surface area contributed by atoms with Crippen LogP contribution in [0.2, 0.25) is 5.02 Å². The van der Waals surface area contributed by atoms with Crippen molar-refractivity contribution in [3.63, 3.8) is 0 Å². The molecule has 4 rings (SSSR count). The lowest BCUT2D eigenvalue weighted by Crippen LogP contribution is -2.13. The molecule has 0 spiro atoms. The number of aromatic nitrogens is 1. The molecule has 0 atom stereocenters. The Kier molecular flexibility index (Phi) is 5.56. The highest BCUT2D eigenvalue weighted by molar-refractivity contribution is 7.92. The quantitative estimate of drug-likeness (QED) is 0.387. The number of hydrogen-bond donors (Lipinski definition) is 1. The molecule has 1 N–H and O–H groups in total. The van der Waals surface area contributed by atoms with Crippen molar-refractivity contribution in [2.24, 2.45) is 0 Å². The average Bonchev–Trinajstić information content (AvgIpc) is 3.20. The van der Waals surface area contributed by atoms with Crippen LogP contribution in [0, 0.1) is 19.7 Å². The van der Waals surface area contributed by atoms with Crippen molar-refractivity contribution >= 4 is 27.3 Å². The van der Waals surface area contributed by atoms with Gasteiger partial charge in [-0.1, -0.05) is 35.4 Å². The van der Waals surface area contributed by atoms with Gasteiger partial charge in [0, 0.05) is 16.8 Å². The van der Waals surface area contributed by atoms with Crippen molar-refractivity contribution in [2.75, 3.05) is 4.72 Å². The number of benzene rings is 3. The van der Waals surface area contributed by atoms with E-state index in [9.17, 15) is 12.8 Å². The molecule has 0 saturated carbocycles. The summed E-state index contributed by atoms with van der Waals surface area (Å²) < 4.78 is 46.4. The number of rotatable bonds is 5. The minimum absolute atomic E-state index is 0.131. The van der Waals surface area contributed by atoms with Crippen molar-refractivity contribution < 1.29 is 17.2 Å². The molecule has 0 saturated heterocycles. The molecule has 0 bridgehead atoms. The van der Waals surface area contributed by atoms with Crippen LogP contribution in [0.5, 0.6) is 0 Å². The topological polar surface area (TPSA) is 72.2 Å². The minimum atomic E-state index is -3.91. The molecule has 0 fully saturated rings. The number of hydrogen-bond acceptors (Lipinski definition) is 4. The molecule has 0 aliphatic heterocycles. The molecule has 1 heterocycles. The lowest BCUT2D eigenvalue weighted by Gasteiger charge is -2.09. The van der Waals surface area contributed by atoms with Crippen molar-refractivity contribution in [2.45, 2.75) is 18.7 Å². The first-order valence-electron chi connectivity index (χ1n) is 9.34. The van der Waals surface area contributed by atoms with Gasteiger partial charge in [0.15, 0.2) is 0 Å². The third kappa shape index (κ3) is 4.47. The smallest absolute Gasteiger partial charge is 0.261 e. The van der Waals surface area contributed by atoms with E-state index < -0.39 is 15.8 Å². The lowest BCUT2D eigenvalue weighted by atomic mass is 10.0. The van der Waals surface area contributed by atoms with Gasteiger partial charge in [0.05, 0.1) is 9.92 Å². The molecule has 1 aromatic heterocycles. The van der Waals surface area contributed by atoms with Gasteiger partial charge in [0.2, 0.25) is 5.89 Å². The molecule has 0 radical (unpaired) electrons. The summed E-state index contributed by atoms with van der Waals surface area (Å²) in [7, 11) is -3.91. The Morgan fingerprint density at radius 3 is 2.42 bits per heavy atom. The van der Waals surface area contributed by atoms with Gasteiger partial charge in [0.1, 0.15) is 17.8 Å². The van der Waals surface area contributed by atoms with E-state index in [-0.39, 0.29) is 9.92 Å². The number of oxazole rings is 1. The van der Waals surface area contributed by atoms with Crippen LogP contribution in [0.15, 0.2) is 76.2 Å². The molecule has 158 valence electrons. The molecule has 31 heavy (non-hydrogen) atoms. The molecule has 4 aromatic rings. The molecule has 8 heteroatoms. The summed E-state index contributed by atoms with van der Waals surface area (Å²) in [4.78, 5) is 4.42. The predicted octanol–water partition coefficient (Wildman–Crippen LogP) is 6.22. The maximum atomic E-state index is 13.3. The third-order valence-corrected chi connectivity index (χ3v) is 6.42. The Morgan fingerprint density at radius 2 is 1.74 bits per heavy atom. The van der Waals surface area contributed by atoms with E-state index in [1.807, 2.05) is 26.0 Å². The van der Waals surface area contributed by atoms with Crippen LogP contribution in [0.4, 0.5) is 10.1 Å². The van der Waals surface area contributed by atoms with E-state index in [0.29, 0.717) is 17.1 Å². The number of nitrogens with zero attached hydrogens (tertiary/aromatic N) is 1. The van der Waals surface area contributed by atoms with Gasteiger partial charge in [-0.05, 0) is 61.9 Å². The normalized spacial score (nSPS) is 11.5. The summed E-state index contributed by atoms with van der Waals surface area (Å²) in [6.45, 7) is 4.05. The molecular weight excluding hydrogens is 439 g/mol. The van der Waals surface area contributed by atoms with Gasteiger partial charge in [0.25, 0.3) is 10.0 Å². The SMILES string of the molecule is Cc1ccc(-c2coc(-c3ccc(NS(=O)(=O)c4ccc(F)c(Cl)c4)cc3)n2)c(C)c1. The second kappa shape index (κ2) is 8.17. The monoisotopic (exact) mass is 456 g/mol. The first-order chi connectivity index (χ1) is 14.7. The van der Waals surface area contributed by atoms with Crippen LogP contribution >= 0.6 is 11.6 Å². The molecule has 0 amide bonds. The van der Waals surface area contributed by atoms with Crippen LogP contribution < -0.4 is 4.72 Å². The standard InChI is InChI=1S/C23H18ClFN2O3S/c1-14-3-9-19(15(2)11-14)22-13-30-23(26-22)16-4-6-17(7-5-16)27-31(28,29)18-8-10-21(25)20(24)12-18/h3-13,27H,1-2H3. The summed E-state index contributed by atoms with van der Waals surface area (Å²) in [6.07, 6.45) is 1.60. The van der Waals surface area contributed by atoms with Gasteiger partial charge in [-0.3, -0.25) is 4.72 Å². The van der Waals surface area contributed by atoms with E-state index in [1.54, 1.807) is 30.5 Å². The molecule has 5 nitrogen and oxygen atoms in total. The van der Waals surface area contributed by atoms with E-state index in [0.717, 1.165) is 35.0 Å². The Balaban J connectivity index is 1.55. The molecular formula is C23H18ClFN2O3S. The second-order valence-electron chi connectivity index (χ2n) is 7.12. The summed E-state index contributed by atoms with van der Waals surface area (Å²) in [5.74, 6) is -0.259. The van der Waals surface area contributed by atoms with E-state index >= 15 is 0 Å². The number of halogens is 2. The maximum Gasteiger partial charge on any atom is 0.261 e. The summed E-state index contributed by atoms with van der Waals surface area (Å²) in [6, 6.07) is 15.9. The summed E-state index contributed by atoms with van der Waals surface area (Å²) in [5.41, 5.74) is 5.03. The highest BCUT2D eigenvalue weighted by Gasteiger charge is 2.17. The Labute approximate surface area is 184 Å². The zero-order chi connectivity index (χ0) is 22.2. The molecule has 0 unspecified atom stereocenters. The van der Waals surface area contributed by atoms with E-state index in [2.05, 4.69) is 15.8 Å². The number of aryl methyl sites for hydroxylation is 2. The minimum Gasteiger partial charge on any atom is -0.444 e. The fourth-order valence-electron chi connectivity index (χ4n) is 3.17. The highest BCUT2D eigenvalue weighted by Crippen LogP contribution is 2.28. The zero-order valence-electron chi connectivity index (χ0n) is 16.7. The molecule has 0 aliphatic carbocycles. The molecule has 3 aromatic carbocycles. The first kappa shape index (κ1) is 21.1. The maximum absolute atomic E-state index is 13.3. The highest BCUT2D eigenvalue weighted by atomic mass is 35.5. The fourth-order valence-corrected chi connectivity index (χ4v) is 4.50. The summed E-state index contributed by atoms with van der Waals surface area (Å²) in [5, 5.41) is -0.262. The van der Waals surface area contributed by atoms with Crippen molar-refractivity contribution in [3.8, 4) is 22.7 Å². The van der Waals surface area contributed by atoms with E-state index in [1.165, 1.54) is 5.56 Å². The van der Waals surface area contributed by atoms with Gasteiger partial charge in [-0.2, -0.15) is 0 Å². The zero-order valence-corrected chi connectivity index (χ0v) is 18.3. The Morgan fingerprint density at radius 1 is 1.00 bits per heavy atom. The van der Waals surface area contributed by atoms with Gasteiger partial charge >= 0.3 is 0 Å². The van der Waals surface area contributed by atoms with E-state index in [4.69, 9.17) is 16.0 Å². The van der Waals surface area contributed by atoms with Crippen LogP contribution in [-0.2, 0) is 10.0 Å². The van der Waals surface area contributed by atoms with Crippen molar-refractivity contribution in [3.05, 3.63) is 88.9 Å². The second-order valence-corrected chi connectivity index (χ2v) is 9.20. The van der Waals surface area contributed by atoms with Crippen molar-refractivity contribution in [1.29, 1.82) is 0 Å². The first-order valence-corrected chi connectivity index (χ1v) is 11.2. The fraction of sp³-hybridized carbons (Fsp3) is 0.0870. The van der Waals surface area contributed by atoms with Crippen LogP contribution in [0.1, 0.15) is 11.1 Å². The van der Waals surface area contributed by atoms with Gasteiger partial charge in [-0.25, -0.2) is 17.8 Å². The number of sulfonamides is 1. The average molecular weight is 457 g/mol. The molecule has 0 aliphatic rings. The van der Waals surface area contributed by atoms with Crippen LogP contribution in [0.25, 0.3) is 22.7 Å². The lowest BCUT2D eigenvalue weighted by molar-refractivity contribution is 0.575. The Bertz CT molecular complexity index is 1370. The Hall–Kier alpha value is -3.16. The van der Waals surface area contributed by atoms with Gasteiger partial charge < -0.3 is 4.42 Å². The van der Waals surface area contributed by atoms with Crippen molar-refractivity contribution in [1.82, 2.24) is 4.98 Å². The van der Waals surface area contributed by atoms with Crippen LogP contribution in [-0.4, -0.2) is 13.4 Å². The van der Waals surface area contributed by atoms with Gasteiger partial charge in [-0.15, -0.1) is 0 Å². The number of nitrogens with one attached hydrogen (secondary N) is 1. The number of anilines is 1. The van der Waals surface area contributed by atoms with Crippen LogP contribution in [0.3, 0.4) is 0 Å². The third-order valence-electron chi connectivity index (χ3n) is 4.75. The summed E-state index contributed by atoms with van der Waals surface area (Å²) >= 11 is 5.69.